The molecule has 0 spiro atoms. The van der Waals surface area contributed by atoms with Crippen LogP contribution in [0.2, 0.25) is 5.28 Å². The fourth-order valence-corrected chi connectivity index (χ4v) is 2.89. The van der Waals surface area contributed by atoms with E-state index in [0.717, 1.165) is 19.3 Å². The van der Waals surface area contributed by atoms with Crippen LogP contribution in [0.15, 0.2) is 0 Å². The summed E-state index contributed by atoms with van der Waals surface area (Å²) in [6.07, 6.45) is 2.91. The predicted octanol–water partition coefficient (Wildman–Crippen LogP) is 2.09. The van der Waals surface area contributed by atoms with Crippen LogP contribution in [-0.4, -0.2) is 39.2 Å². The van der Waals surface area contributed by atoms with Gasteiger partial charge in [-0.15, -0.1) is 0 Å². The number of aliphatic hydroxyl groups is 1. The van der Waals surface area contributed by atoms with Gasteiger partial charge in [0, 0.05) is 7.05 Å². The number of hydrogen-bond donors (Lipinski definition) is 1. The number of aromatic nitrogens is 2. The molecule has 0 aromatic carbocycles. The summed E-state index contributed by atoms with van der Waals surface area (Å²) in [5.74, 6) is 0.165. The predicted molar refractivity (Wildman–Crippen MR) is 75.1 cm³/mol. The minimum Gasteiger partial charge on any atom is -0.391 e. The van der Waals surface area contributed by atoms with Gasteiger partial charge in [0.05, 0.1) is 17.1 Å². The van der Waals surface area contributed by atoms with E-state index in [1.165, 1.54) is 6.92 Å². The van der Waals surface area contributed by atoms with Gasteiger partial charge in [0.1, 0.15) is 5.69 Å². The third kappa shape index (κ3) is 2.83. The maximum Gasteiger partial charge on any atom is 0.332 e. The second-order valence-corrected chi connectivity index (χ2v) is 5.38. The maximum atomic E-state index is 11.2. The standard InChI is InChI=1S/C12H17ClN4O3/c1-7-10(17(19)20)11(15-12(13)14-7)16(2)8-5-3-4-6-9(8)18/h8-9,18H,3-6H2,1-2H3. The molecule has 2 unspecified atom stereocenters. The number of aryl methyl sites for hydroxylation is 1. The smallest absolute Gasteiger partial charge is 0.332 e. The zero-order chi connectivity index (χ0) is 14.9. The summed E-state index contributed by atoms with van der Waals surface area (Å²) >= 11 is 5.81. The monoisotopic (exact) mass is 300 g/mol. The van der Waals surface area contributed by atoms with Crippen LogP contribution < -0.4 is 4.90 Å². The molecule has 0 bridgehead atoms. The van der Waals surface area contributed by atoms with Gasteiger partial charge in [-0.3, -0.25) is 10.1 Å². The van der Waals surface area contributed by atoms with Crippen molar-refractivity contribution >= 4 is 23.1 Å². The van der Waals surface area contributed by atoms with E-state index in [0.29, 0.717) is 6.42 Å². The van der Waals surface area contributed by atoms with Gasteiger partial charge in [-0.05, 0) is 31.4 Å². The Bertz CT molecular complexity index is 526. The molecule has 110 valence electrons. The van der Waals surface area contributed by atoms with Crippen molar-refractivity contribution in [3.05, 3.63) is 21.1 Å². The molecule has 1 aliphatic carbocycles. The van der Waals surface area contributed by atoms with Gasteiger partial charge in [0.2, 0.25) is 11.1 Å². The fourth-order valence-electron chi connectivity index (χ4n) is 2.68. The topological polar surface area (TPSA) is 92.4 Å². The molecule has 20 heavy (non-hydrogen) atoms. The van der Waals surface area contributed by atoms with Gasteiger partial charge in [-0.1, -0.05) is 12.8 Å². The molecule has 0 radical (unpaired) electrons. The highest BCUT2D eigenvalue weighted by molar-refractivity contribution is 6.28. The van der Waals surface area contributed by atoms with E-state index in [1.807, 2.05) is 0 Å². The Labute approximate surface area is 121 Å². The third-order valence-corrected chi connectivity index (χ3v) is 3.89. The molecular formula is C12H17ClN4O3. The SMILES string of the molecule is Cc1nc(Cl)nc(N(C)C2CCCCC2O)c1[N+](=O)[O-]. The van der Waals surface area contributed by atoms with Crippen molar-refractivity contribution in [2.24, 2.45) is 0 Å². The van der Waals surface area contributed by atoms with Crippen LogP contribution in [0.4, 0.5) is 11.5 Å². The van der Waals surface area contributed by atoms with Crippen molar-refractivity contribution in [3.63, 3.8) is 0 Å². The molecule has 1 aromatic heterocycles. The number of rotatable bonds is 3. The molecule has 1 aliphatic rings. The lowest BCUT2D eigenvalue weighted by Gasteiger charge is -2.35. The maximum absolute atomic E-state index is 11.2. The number of aliphatic hydroxyl groups excluding tert-OH is 1. The Morgan fingerprint density at radius 3 is 2.65 bits per heavy atom. The van der Waals surface area contributed by atoms with Gasteiger partial charge >= 0.3 is 5.69 Å². The van der Waals surface area contributed by atoms with Crippen molar-refractivity contribution in [2.45, 2.75) is 44.8 Å². The lowest BCUT2D eigenvalue weighted by atomic mass is 9.91. The highest BCUT2D eigenvalue weighted by atomic mass is 35.5. The third-order valence-electron chi connectivity index (χ3n) is 3.72. The molecule has 7 nitrogen and oxygen atoms in total. The van der Waals surface area contributed by atoms with Gasteiger partial charge in [-0.2, -0.15) is 4.98 Å². The van der Waals surface area contributed by atoms with Crippen LogP contribution in [0.25, 0.3) is 0 Å². The van der Waals surface area contributed by atoms with E-state index < -0.39 is 11.0 Å². The second-order valence-electron chi connectivity index (χ2n) is 5.04. The normalized spacial score (nSPS) is 22.6. The molecule has 2 rings (SSSR count). The first-order valence-corrected chi connectivity index (χ1v) is 6.89. The first-order chi connectivity index (χ1) is 9.41. The Morgan fingerprint density at radius 2 is 2.05 bits per heavy atom. The number of likely N-dealkylation sites (N-methyl/N-ethyl adjacent to an activating group) is 1. The van der Waals surface area contributed by atoms with Crippen LogP contribution in [0, 0.1) is 17.0 Å². The summed E-state index contributed by atoms with van der Waals surface area (Å²) in [6.45, 7) is 1.53. The fraction of sp³-hybridized carbons (Fsp3) is 0.667. The van der Waals surface area contributed by atoms with Crippen molar-refractivity contribution in [2.75, 3.05) is 11.9 Å². The molecule has 0 amide bonds. The molecule has 1 N–H and O–H groups in total. The Morgan fingerprint density at radius 1 is 1.40 bits per heavy atom. The molecule has 8 heteroatoms. The van der Waals surface area contributed by atoms with Crippen molar-refractivity contribution in [3.8, 4) is 0 Å². The molecule has 2 atom stereocenters. The molecule has 1 heterocycles. The van der Waals surface area contributed by atoms with Crippen LogP contribution in [0.1, 0.15) is 31.4 Å². The van der Waals surface area contributed by atoms with Crippen LogP contribution in [0.3, 0.4) is 0 Å². The van der Waals surface area contributed by atoms with E-state index in [2.05, 4.69) is 9.97 Å². The summed E-state index contributed by atoms with van der Waals surface area (Å²) < 4.78 is 0. The first kappa shape index (κ1) is 14.9. The van der Waals surface area contributed by atoms with Gasteiger partial charge < -0.3 is 10.0 Å². The van der Waals surface area contributed by atoms with Gasteiger partial charge in [-0.25, -0.2) is 4.98 Å². The van der Waals surface area contributed by atoms with Crippen LogP contribution in [-0.2, 0) is 0 Å². The zero-order valence-electron chi connectivity index (χ0n) is 11.4. The Hall–Kier alpha value is -1.47. The minimum absolute atomic E-state index is 0.0275. The molecule has 1 saturated carbocycles. The lowest BCUT2D eigenvalue weighted by Crippen LogP contribution is -2.44. The van der Waals surface area contributed by atoms with E-state index >= 15 is 0 Å². The summed E-state index contributed by atoms with van der Waals surface area (Å²) in [5.41, 5.74) is 0.0665. The average Bonchev–Trinajstić information content (AvgIpc) is 2.37. The summed E-state index contributed by atoms with van der Waals surface area (Å²) in [6, 6.07) is -0.187. The highest BCUT2D eigenvalue weighted by Crippen LogP contribution is 2.33. The average molecular weight is 301 g/mol. The second kappa shape index (κ2) is 5.88. The van der Waals surface area contributed by atoms with Crippen molar-refractivity contribution in [1.29, 1.82) is 0 Å². The molecular weight excluding hydrogens is 284 g/mol. The first-order valence-electron chi connectivity index (χ1n) is 6.51. The number of nitrogens with zero attached hydrogens (tertiary/aromatic N) is 4. The van der Waals surface area contributed by atoms with E-state index in [9.17, 15) is 15.2 Å². The molecule has 0 aliphatic heterocycles. The van der Waals surface area contributed by atoms with Crippen molar-refractivity contribution in [1.82, 2.24) is 9.97 Å². The summed E-state index contributed by atoms with van der Waals surface area (Å²) in [5, 5.41) is 21.3. The summed E-state index contributed by atoms with van der Waals surface area (Å²) in [4.78, 5) is 20.2. The number of anilines is 1. The molecule has 1 aromatic rings. The van der Waals surface area contributed by atoms with Gasteiger partial charge in [0.15, 0.2) is 0 Å². The zero-order valence-corrected chi connectivity index (χ0v) is 12.2. The van der Waals surface area contributed by atoms with Crippen LogP contribution >= 0.6 is 11.6 Å². The number of halogens is 1. The highest BCUT2D eigenvalue weighted by Gasteiger charge is 2.32. The number of hydrogen-bond acceptors (Lipinski definition) is 6. The minimum atomic E-state index is -0.512. The number of nitro groups is 1. The van der Waals surface area contributed by atoms with Crippen molar-refractivity contribution < 1.29 is 10.0 Å². The molecule has 0 saturated heterocycles. The van der Waals surface area contributed by atoms with E-state index in [4.69, 9.17) is 11.6 Å². The Balaban J connectivity index is 2.42. The van der Waals surface area contributed by atoms with Crippen LogP contribution in [0.5, 0.6) is 0 Å². The van der Waals surface area contributed by atoms with E-state index in [-0.39, 0.29) is 28.5 Å². The summed E-state index contributed by atoms with van der Waals surface area (Å²) in [7, 11) is 1.70. The van der Waals surface area contributed by atoms with Gasteiger partial charge in [0.25, 0.3) is 0 Å². The quantitative estimate of drug-likeness (QED) is 0.522. The van der Waals surface area contributed by atoms with E-state index in [1.54, 1.807) is 11.9 Å². The Kier molecular flexibility index (Phi) is 4.39. The lowest BCUT2D eigenvalue weighted by molar-refractivity contribution is -0.385. The molecule has 1 fully saturated rings. The largest absolute Gasteiger partial charge is 0.391 e.